The molecule has 3 unspecified atom stereocenters. The van der Waals surface area contributed by atoms with E-state index in [1.54, 1.807) is 13.8 Å². The fourth-order valence-electron chi connectivity index (χ4n) is 8.04. The number of hydrogen-bond donors (Lipinski definition) is 4. The van der Waals surface area contributed by atoms with Gasteiger partial charge in [0.25, 0.3) is 5.60 Å². The first-order valence-corrected chi connectivity index (χ1v) is 15.2. The fourth-order valence-corrected chi connectivity index (χ4v) is 8.04. The molecule has 4 nitrogen and oxygen atoms in total. The van der Waals surface area contributed by atoms with E-state index in [0.717, 1.165) is 43.8 Å². The topological polar surface area (TPSA) is 80.9 Å². The lowest BCUT2D eigenvalue weighted by atomic mass is 9.55. The van der Waals surface area contributed by atoms with Gasteiger partial charge in [-0.25, -0.2) is 0 Å². The van der Waals surface area contributed by atoms with Crippen LogP contribution >= 0.6 is 0 Å². The Balaban J connectivity index is 1.93. The summed E-state index contributed by atoms with van der Waals surface area (Å²) in [7, 11) is 0. The summed E-state index contributed by atoms with van der Waals surface area (Å²) in [6.45, 7) is 11.4. The third-order valence-corrected chi connectivity index (χ3v) is 10.4. The van der Waals surface area contributed by atoms with Gasteiger partial charge in [-0.1, -0.05) is 50.6 Å². The molecule has 0 bridgehead atoms. The number of aliphatic hydroxyl groups is 4. The van der Waals surface area contributed by atoms with Crippen LogP contribution in [0.2, 0.25) is 0 Å². The Labute approximate surface area is 251 Å². The highest BCUT2D eigenvalue weighted by atomic mass is 19.4. The maximum absolute atomic E-state index is 13.4. The van der Waals surface area contributed by atoms with Crippen molar-refractivity contribution < 1.29 is 46.8 Å². The van der Waals surface area contributed by atoms with E-state index >= 15 is 0 Å². The van der Waals surface area contributed by atoms with Crippen molar-refractivity contribution in [3.63, 3.8) is 0 Å². The van der Waals surface area contributed by atoms with E-state index in [1.807, 2.05) is 19.1 Å². The standard InChI is InChI=1S/C33H48F6O4/c1-21-23(19-24(40)20-26(21)41)11-10-22-9-6-17-30(5)25(22)12-13-27(30)29(4,15-7-14-28(2,3)42)16-8-18-31(43,32(34,35)36)33(37,38)39/h8,10-11,18,24-27,40-43H,1,6-7,9,12-17,19-20H2,2-5H3/b18-8-,22-10+,23-11-/t24?,25?,26-,27?,29-,30-/m0/s1. The molecule has 3 fully saturated rings. The average molecular weight is 623 g/mol. The summed E-state index contributed by atoms with van der Waals surface area (Å²) in [4.78, 5) is 0. The van der Waals surface area contributed by atoms with Crippen molar-refractivity contribution in [2.45, 2.75) is 134 Å². The number of hydrogen-bond acceptors (Lipinski definition) is 4. The van der Waals surface area contributed by atoms with Gasteiger partial charge in [-0.15, -0.1) is 0 Å². The predicted octanol–water partition coefficient (Wildman–Crippen LogP) is 7.88. The molecule has 3 aliphatic carbocycles. The van der Waals surface area contributed by atoms with E-state index < -0.39 is 41.2 Å². The number of rotatable bonds is 9. The first kappa shape index (κ1) is 35.9. The molecule has 0 amide bonds. The molecule has 3 aliphatic rings. The van der Waals surface area contributed by atoms with Crippen LogP contribution in [0.15, 0.2) is 47.6 Å². The number of fused-ring (bicyclic) bond motifs is 1. The second-order valence-corrected chi connectivity index (χ2v) is 14.3. The molecule has 0 aromatic rings. The largest absolute Gasteiger partial charge is 0.429 e. The predicted molar refractivity (Wildman–Crippen MR) is 154 cm³/mol. The average Bonchev–Trinajstić information content (AvgIpc) is 3.21. The van der Waals surface area contributed by atoms with Crippen molar-refractivity contribution in [3.8, 4) is 0 Å². The monoisotopic (exact) mass is 622 g/mol. The van der Waals surface area contributed by atoms with Crippen LogP contribution in [0.5, 0.6) is 0 Å². The van der Waals surface area contributed by atoms with Gasteiger partial charge < -0.3 is 20.4 Å². The number of aliphatic hydroxyl groups excluding tert-OH is 2. The van der Waals surface area contributed by atoms with E-state index in [9.17, 15) is 46.8 Å². The third-order valence-electron chi connectivity index (χ3n) is 10.4. The zero-order chi connectivity index (χ0) is 32.6. The van der Waals surface area contributed by atoms with Crippen LogP contribution in [0.25, 0.3) is 0 Å². The van der Waals surface area contributed by atoms with E-state index in [-0.39, 0.29) is 36.2 Å². The number of alkyl halides is 6. The second-order valence-electron chi connectivity index (χ2n) is 14.3. The Hall–Kier alpha value is -1.62. The van der Waals surface area contributed by atoms with Crippen LogP contribution in [-0.4, -0.2) is 56.2 Å². The zero-order valence-corrected chi connectivity index (χ0v) is 25.7. The fraction of sp³-hybridized carbons (Fsp3) is 0.758. The van der Waals surface area contributed by atoms with Gasteiger partial charge in [-0.3, -0.25) is 0 Å². The Morgan fingerprint density at radius 1 is 0.953 bits per heavy atom. The third kappa shape index (κ3) is 7.79. The molecule has 0 saturated heterocycles. The SMILES string of the molecule is C=C1/C(=C\C=C2/CCC[C@@]3(C)C2CCC3[C@](C)(C/C=C\C(O)(C(F)(F)F)C(F)(F)F)CCCC(C)(C)O)CC(O)C[C@@H]1O. The summed E-state index contributed by atoms with van der Waals surface area (Å²) >= 11 is 0. The van der Waals surface area contributed by atoms with E-state index in [2.05, 4.69) is 13.5 Å². The quantitative estimate of drug-likeness (QED) is 0.156. The van der Waals surface area contributed by atoms with Crippen LogP contribution in [0, 0.1) is 22.7 Å². The van der Waals surface area contributed by atoms with Crippen LogP contribution in [-0.2, 0) is 0 Å². The molecule has 6 atom stereocenters. The molecule has 43 heavy (non-hydrogen) atoms. The second kappa shape index (κ2) is 12.6. The van der Waals surface area contributed by atoms with Crippen LogP contribution in [0.3, 0.4) is 0 Å². The van der Waals surface area contributed by atoms with Crippen molar-refractivity contribution in [2.75, 3.05) is 0 Å². The lowest BCUT2D eigenvalue weighted by molar-refractivity contribution is -0.347. The molecular formula is C33H48F6O4. The van der Waals surface area contributed by atoms with Gasteiger partial charge in [0.05, 0.1) is 17.8 Å². The summed E-state index contributed by atoms with van der Waals surface area (Å²) < 4.78 is 80.2. The minimum Gasteiger partial charge on any atom is -0.393 e. The van der Waals surface area contributed by atoms with Crippen LogP contribution in [0.4, 0.5) is 26.3 Å². The van der Waals surface area contributed by atoms with E-state index in [1.165, 1.54) is 5.57 Å². The molecule has 3 rings (SSSR count). The molecule has 3 saturated carbocycles. The Kier molecular flexibility index (Phi) is 10.5. The molecule has 0 aromatic heterocycles. The van der Waals surface area contributed by atoms with Crippen molar-refractivity contribution in [1.82, 2.24) is 0 Å². The highest BCUT2D eigenvalue weighted by molar-refractivity contribution is 5.38. The maximum atomic E-state index is 13.4. The molecule has 4 N–H and O–H groups in total. The number of halogens is 6. The molecular weight excluding hydrogens is 574 g/mol. The lowest BCUT2D eigenvalue weighted by Gasteiger charge is -2.49. The summed E-state index contributed by atoms with van der Waals surface area (Å²) in [6.07, 6.45) is -2.44. The summed E-state index contributed by atoms with van der Waals surface area (Å²) in [5, 5.41) is 40.3. The van der Waals surface area contributed by atoms with Crippen molar-refractivity contribution in [1.29, 1.82) is 0 Å². The molecule has 246 valence electrons. The first-order chi connectivity index (χ1) is 19.5. The first-order valence-electron chi connectivity index (χ1n) is 15.2. The normalized spacial score (nSPS) is 32.9. The van der Waals surface area contributed by atoms with Crippen molar-refractivity contribution in [3.05, 3.63) is 47.6 Å². The summed E-state index contributed by atoms with van der Waals surface area (Å²) in [5.74, 6) is 0.139. The van der Waals surface area contributed by atoms with Crippen LogP contribution < -0.4 is 0 Å². The van der Waals surface area contributed by atoms with Gasteiger partial charge in [0.1, 0.15) is 0 Å². The molecule has 0 radical (unpaired) electrons. The Morgan fingerprint density at radius 3 is 2.16 bits per heavy atom. The number of allylic oxidation sites excluding steroid dienone is 4. The van der Waals surface area contributed by atoms with Gasteiger partial charge in [-0.2, -0.15) is 26.3 Å². The zero-order valence-electron chi connectivity index (χ0n) is 25.7. The minimum atomic E-state index is -5.92. The molecule has 0 aromatic carbocycles. The Morgan fingerprint density at radius 2 is 1.58 bits per heavy atom. The highest BCUT2D eigenvalue weighted by Gasteiger charge is 2.69. The van der Waals surface area contributed by atoms with Crippen molar-refractivity contribution in [2.24, 2.45) is 22.7 Å². The van der Waals surface area contributed by atoms with Crippen molar-refractivity contribution >= 4 is 0 Å². The van der Waals surface area contributed by atoms with Crippen LogP contribution in [0.1, 0.15) is 98.3 Å². The highest BCUT2D eigenvalue weighted by Crippen LogP contribution is 2.64. The summed E-state index contributed by atoms with van der Waals surface area (Å²) in [5.41, 5.74) is -4.25. The Bertz CT molecular complexity index is 1080. The van der Waals surface area contributed by atoms with E-state index in [0.29, 0.717) is 31.3 Å². The summed E-state index contributed by atoms with van der Waals surface area (Å²) in [6, 6.07) is 0. The molecule has 0 spiro atoms. The smallest absolute Gasteiger partial charge is 0.393 e. The van der Waals surface area contributed by atoms with Gasteiger partial charge >= 0.3 is 12.4 Å². The molecule has 0 aliphatic heterocycles. The minimum absolute atomic E-state index is 0.0223. The molecule has 10 heteroatoms. The van der Waals surface area contributed by atoms with E-state index in [4.69, 9.17) is 0 Å². The van der Waals surface area contributed by atoms with Gasteiger partial charge in [0.2, 0.25) is 0 Å². The van der Waals surface area contributed by atoms with Gasteiger partial charge in [0, 0.05) is 6.42 Å². The van der Waals surface area contributed by atoms with Gasteiger partial charge in [-0.05, 0) is 112 Å². The molecule has 0 heterocycles. The van der Waals surface area contributed by atoms with Gasteiger partial charge in [0.15, 0.2) is 0 Å². The maximum Gasteiger partial charge on any atom is 0.429 e. The lowest BCUT2D eigenvalue weighted by Crippen LogP contribution is -2.55.